The summed E-state index contributed by atoms with van der Waals surface area (Å²) < 4.78 is 5.44. The fourth-order valence-corrected chi connectivity index (χ4v) is 3.57. The zero-order chi connectivity index (χ0) is 19.7. The summed E-state index contributed by atoms with van der Waals surface area (Å²) in [6, 6.07) is 3.68. The molecule has 4 heterocycles. The minimum atomic E-state index is -1.01. The Labute approximate surface area is 162 Å². The molecule has 0 spiro atoms. The summed E-state index contributed by atoms with van der Waals surface area (Å²) in [4.78, 5) is 30.7. The maximum absolute atomic E-state index is 11.7. The molecule has 1 aliphatic rings. The highest BCUT2D eigenvalue weighted by atomic mass is 16.5. The third-order valence-electron chi connectivity index (χ3n) is 5.23. The molecule has 1 saturated heterocycles. The first-order chi connectivity index (χ1) is 13.4. The van der Waals surface area contributed by atoms with E-state index in [1.54, 1.807) is 26.1 Å². The van der Waals surface area contributed by atoms with Crippen molar-refractivity contribution in [3.8, 4) is 11.3 Å². The van der Waals surface area contributed by atoms with Crippen molar-refractivity contribution >= 4 is 11.3 Å². The number of nitrogens with one attached hydrogen (secondary N) is 2. The Morgan fingerprint density at radius 3 is 2.54 bits per heavy atom. The molecule has 0 aliphatic carbocycles. The van der Waals surface area contributed by atoms with Gasteiger partial charge >= 0.3 is 5.69 Å². The van der Waals surface area contributed by atoms with Crippen LogP contribution in [0.15, 0.2) is 23.1 Å². The number of rotatable bonds is 5. The molecule has 3 N–H and O–H groups in total. The molecule has 4 rings (SSSR count). The van der Waals surface area contributed by atoms with E-state index in [0.717, 1.165) is 50.2 Å². The van der Waals surface area contributed by atoms with Crippen LogP contribution in [0.3, 0.4) is 0 Å². The Hall–Kier alpha value is -2.58. The summed E-state index contributed by atoms with van der Waals surface area (Å²) in [7, 11) is 0. The highest BCUT2D eigenvalue weighted by Crippen LogP contribution is 2.27. The van der Waals surface area contributed by atoms with Crippen LogP contribution < -0.4 is 5.69 Å². The molecule has 0 unspecified atom stereocenters. The zero-order valence-corrected chi connectivity index (χ0v) is 16.2. The van der Waals surface area contributed by atoms with Crippen molar-refractivity contribution in [2.45, 2.75) is 45.1 Å². The minimum Gasteiger partial charge on any atom is -0.384 e. The van der Waals surface area contributed by atoms with Crippen molar-refractivity contribution in [2.24, 2.45) is 5.92 Å². The fraction of sp³-hybridized carbons (Fsp3) is 0.500. The van der Waals surface area contributed by atoms with Gasteiger partial charge in [-0.2, -0.15) is 0 Å². The van der Waals surface area contributed by atoms with Crippen molar-refractivity contribution in [3.63, 3.8) is 0 Å². The lowest BCUT2D eigenvalue weighted by Crippen LogP contribution is -2.17. The Bertz CT molecular complexity index is 1010. The maximum atomic E-state index is 11.7. The third kappa shape index (κ3) is 3.98. The molecule has 0 atom stereocenters. The maximum Gasteiger partial charge on any atom is 0.326 e. The first-order valence-corrected chi connectivity index (χ1v) is 9.66. The van der Waals surface area contributed by atoms with Gasteiger partial charge < -0.3 is 9.84 Å². The summed E-state index contributed by atoms with van der Waals surface area (Å²) in [5.41, 5.74) is 2.52. The van der Waals surface area contributed by atoms with E-state index in [1.807, 2.05) is 6.07 Å². The average Bonchev–Trinajstić information content (AvgIpc) is 3.05. The van der Waals surface area contributed by atoms with Gasteiger partial charge in [0, 0.05) is 25.0 Å². The summed E-state index contributed by atoms with van der Waals surface area (Å²) in [6.45, 7) is 5.03. The number of aliphatic hydroxyl groups is 1. The second-order valence-corrected chi connectivity index (χ2v) is 7.88. The van der Waals surface area contributed by atoms with Crippen LogP contribution in [0.1, 0.15) is 44.5 Å². The smallest absolute Gasteiger partial charge is 0.326 e. The van der Waals surface area contributed by atoms with Crippen LogP contribution in [-0.2, 0) is 16.8 Å². The number of fused-ring (bicyclic) bond motifs is 1. The number of imidazole rings is 1. The van der Waals surface area contributed by atoms with Gasteiger partial charge in [0.05, 0.1) is 17.1 Å². The van der Waals surface area contributed by atoms with Gasteiger partial charge in [0.15, 0.2) is 11.3 Å². The summed E-state index contributed by atoms with van der Waals surface area (Å²) >= 11 is 0. The fourth-order valence-electron chi connectivity index (χ4n) is 3.57. The van der Waals surface area contributed by atoms with Gasteiger partial charge in [-0.1, -0.05) is 0 Å². The lowest BCUT2D eigenvalue weighted by atomic mass is 9.93. The van der Waals surface area contributed by atoms with Crippen LogP contribution >= 0.6 is 0 Å². The normalized spacial score (nSPS) is 16.0. The third-order valence-corrected chi connectivity index (χ3v) is 5.23. The highest BCUT2D eigenvalue weighted by molar-refractivity contribution is 5.72. The molecule has 28 heavy (non-hydrogen) atoms. The van der Waals surface area contributed by atoms with Crippen LogP contribution in [0.2, 0.25) is 0 Å². The second-order valence-electron chi connectivity index (χ2n) is 7.88. The standard InChI is InChI=1S/C20H25N5O3/c1-20(2,27)15-6-4-13(11-21-15)16-14(5-3-12-7-9-28-10-8-12)22-17-18(23-16)25-19(26)24-17/h4,6,11-12,27H,3,5,7-10H2,1-2H3,(H2,22,23,24,25,26). The monoisotopic (exact) mass is 383 g/mol. The molecule has 0 radical (unpaired) electrons. The van der Waals surface area contributed by atoms with E-state index in [-0.39, 0.29) is 5.69 Å². The number of aromatic nitrogens is 5. The Morgan fingerprint density at radius 2 is 1.89 bits per heavy atom. The number of hydrogen-bond donors (Lipinski definition) is 3. The number of pyridine rings is 1. The first-order valence-electron chi connectivity index (χ1n) is 9.66. The number of H-pyrrole nitrogens is 2. The van der Waals surface area contributed by atoms with Crippen LogP contribution in [-0.4, -0.2) is 43.2 Å². The van der Waals surface area contributed by atoms with E-state index in [4.69, 9.17) is 4.74 Å². The molecule has 0 aromatic carbocycles. The molecular formula is C20H25N5O3. The molecular weight excluding hydrogens is 358 g/mol. The lowest BCUT2D eigenvalue weighted by Gasteiger charge is -2.22. The number of aromatic amines is 2. The molecule has 148 valence electrons. The van der Waals surface area contributed by atoms with Crippen molar-refractivity contribution < 1.29 is 9.84 Å². The van der Waals surface area contributed by atoms with Gasteiger partial charge in [-0.05, 0) is 57.6 Å². The van der Waals surface area contributed by atoms with Gasteiger partial charge in [-0.3, -0.25) is 15.0 Å². The van der Waals surface area contributed by atoms with E-state index in [1.165, 1.54) is 0 Å². The van der Waals surface area contributed by atoms with Crippen molar-refractivity contribution in [3.05, 3.63) is 40.2 Å². The molecule has 0 bridgehead atoms. The van der Waals surface area contributed by atoms with E-state index in [2.05, 4.69) is 24.9 Å². The largest absolute Gasteiger partial charge is 0.384 e. The predicted octanol–water partition coefficient (Wildman–Crippen LogP) is 2.29. The minimum absolute atomic E-state index is 0.321. The summed E-state index contributed by atoms with van der Waals surface area (Å²) in [5.74, 6) is 0.611. The van der Waals surface area contributed by atoms with Crippen LogP contribution in [0.4, 0.5) is 0 Å². The zero-order valence-electron chi connectivity index (χ0n) is 16.2. The first kappa shape index (κ1) is 18.8. The number of nitrogens with zero attached hydrogens (tertiary/aromatic N) is 3. The van der Waals surface area contributed by atoms with Crippen LogP contribution in [0.5, 0.6) is 0 Å². The van der Waals surface area contributed by atoms with Gasteiger partial charge in [0.1, 0.15) is 5.60 Å². The lowest BCUT2D eigenvalue weighted by molar-refractivity contribution is 0.0639. The highest BCUT2D eigenvalue weighted by Gasteiger charge is 2.20. The quantitative estimate of drug-likeness (QED) is 0.622. The van der Waals surface area contributed by atoms with Gasteiger partial charge in [-0.15, -0.1) is 0 Å². The van der Waals surface area contributed by atoms with E-state index >= 15 is 0 Å². The molecule has 8 heteroatoms. The molecule has 0 amide bonds. The molecule has 8 nitrogen and oxygen atoms in total. The Morgan fingerprint density at radius 1 is 1.18 bits per heavy atom. The molecule has 0 saturated carbocycles. The van der Waals surface area contributed by atoms with Crippen molar-refractivity contribution in [1.82, 2.24) is 24.9 Å². The molecule has 3 aromatic heterocycles. The van der Waals surface area contributed by atoms with Gasteiger partial charge in [0.2, 0.25) is 0 Å². The van der Waals surface area contributed by atoms with Crippen LogP contribution in [0, 0.1) is 5.92 Å². The summed E-state index contributed by atoms with van der Waals surface area (Å²) in [6.07, 6.45) is 5.59. The van der Waals surface area contributed by atoms with E-state index in [0.29, 0.717) is 28.6 Å². The number of hydrogen-bond acceptors (Lipinski definition) is 6. The van der Waals surface area contributed by atoms with Crippen molar-refractivity contribution in [2.75, 3.05) is 13.2 Å². The van der Waals surface area contributed by atoms with Crippen LogP contribution in [0.25, 0.3) is 22.6 Å². The topological polar surface area (TPSA) is 117 Å². The average molecular weight is 383 g/mol. The summed E-state index contributed by atoms with van der Waals surface area (Å²) in [5, 5.41) is 10.1. The molecule has 3 aromatic rings. The predicted molar refractivity (Wildman–Crippen MR) is 105 cm³/mol. The van der Waals surface area contributed by atoms with E-state index < -0.39 is 5.60 Å². The molecule has 1 aliphatic heterocycles. The Balaban J connectivity index is 1.69. The molecule has 1 fully saturated rings. The number of aryl methyl sites for hydroxylation is 1. The number of ether oxygens (including phenoxy) is 1. The van der Waals surface area contributed by atoms with Gasteiger partial charge in [-0.25, -0.2) is 14.8 Å². The SMILES string of the molecule is CC(C)(O)c1ccc(-c2nc3[nH]c(=O)[nH]c3nc2CCC2CCOCC2)cn1. The van der Waals surface area contributed by atoms with E-state index in [9.17, 15) is 9.90 Å². The second kappa shape index (κ2) is 7.44. The Kier molecular flexibility index (Phi) is 4.99. The van der Waals surface area contributed by atoms with Gasteiger partial charge in [0.25, 0.3) is 0 Å². The van der Waals surface area contributed by atoms with Crippen molar-refractivity contribution in [1.29, 1.82) is 0 Å².